The number of amides is 2. The van der Waals surface area contributed by atoms with E-state index in [1.54, 1.807) is 0 Å². The van der Waals surface area contributed by atoms with E-state index in [1.165, 1.54) is 33.3 Å². The highest BCUT2D eigenvalue weighted by Crippen LogP contribution is 2.51. The third-order valence-electron chi connectivity index (χ3n) is 6.43. The van der Waals surface area contributed by atoms with E-state index < -0.39 is 51.9 Å². The summed E-state index contributed by atoms with van der Waals surface area (Å²) in [6.45, 7) is 9.32. The number of β-lactam (4-membered cyclic amide) rings is 2. The van der Waals surface area contributed by atoms with Crippen molar-refractivity contribution in [2.75, 3.05) is 0 Å². The van der Waals surface area contributed by atoms with E-state index in [1.807, 2.05) is 34.6 Å². The van der Waals surface area contributed by atoms with Gasteiger partial charge in [-0.2, -0.15) is 0 Å². The normalized spacial score (nSPS) is 37.2. The molecule has 10 nitrogen and oxygen atoms in total. The number of nitrogens with zero attached hydrogens (tertiary/aromatic N) is 2. The zero-order valence-corrected chi connectivity index (χ0v) is 20.4. The smallest absolute Gasteiger partial charge is 0.333 e. The van der Waals surface area contributed by atoms with Gasteiger partial charge in [-0.15, -0.1) is 23.5 Å². The van der Waals surface area contributed by atoms with Crippen LogP contribution in [0, 0.1) is 0 Å². The van der Waals surface area contributed by atoms with Crippen LogP contribution in [0.25, 0.3) is 0 Å². The Kier molecular flexibility index (Phi) is 5.75. The molecule has 4 saturated heterocycles. The molecule has 12 heteroatoms. The summed E-state index contributed by atoms with van der Waals surface area (Å²) in [6.07, 6.45) is -0.218. The molecule has 4 heterocycles. The topological polar surface area (TPSA) is 145 Å². The molecule has 0 radical (unpaired) electrons. The summed E-state index contributed by atoms with van der Waals surface area (Å²) in [4.78, 5) is 53.6. The van der Waals surface area contributed by atoms with Crippen LogP contribution in [0.3, 0.4) is 0 Å². The molecular weight excluding hydrogens is 456 g/mol. The Morgan fingerprint density at radius 2 is 1.28 bits per heavy atom. The monoisotopic (exact) mass is 486 g/mol. The molecule has 2 amide bonds. The number of thioether (sulfide) groups is 2. The number of fused-ring (bicyclic) bond motifs is 2. The van der Waals surface area contributed by atoms with Crippen LogP contribution in [0.15, 0.2) is 0 Å². The van der Waals surface area contributed by atoms with E-state index in [2.05, 4.69) is 0 Å². The first kappa shape index (κ1) is 23.7. The van der Waals surface area contributed by atoms with Crippen molar-refractivity contribution >= 4 is 47.3 Å². The van der Waals surface area contributed by atoms with Gasteiger partial charge in [0.15, 0.2) is 0 Å². The SMILES string of the molecule is CCCC(OC(=O)[C@@H]1N2C(=O)C(N)[C@H]2SC1(C)C)OC(=O)[C@@H]1N2C(=O)C(N)[C@H]2SC1(C)C. The molecule has 178 valence electrons. The third kappa shape index (κ3) is 3.41. The van der Waals surface area contributed by atoms with E-state index >= 15 is 0 Å². The second-order valence-electron chi connectivity index (χ2n) is 9.66. The first-order valence-corrected chi connectivity index (χ1v) is 12.5. The van der Waals surface area contributed by atoms with Crippen molar-refractivity contribution in [1.82, 2.24) is 9.80 Å². The quantitative estimate of drug-likeness (QED) is 0.298. The number of hydrogen-bond acceptors (Lipinski definition) is 10. The molecule has 6 atom stereocenters. The van der Waals surface area contributed by atoms with E-state index in [4.69, 9.17) is 20.9 Å². The van der Waals surface area contributed by atoms with Gasteiger partial charge in [-0.05, 0) is 34.1 Å². The second-order valence-corrected chi connectivity index (χ2v) is 13.2. The molecule has 0 spiro atoms. The maximum absolute atomic E-state index is 13.1. The number of carbonyl (C=O) groups is 4. The third-order valence-corrected chi connectivity index (χ3v) is 9.62. The Morgan fingerprint density at radius 3 is 1.62 bits per heavy atom. The summed E-state index contributed by atoms with van der Waals surface area (Å²) in [5.41, 5.74) is 11.7. The number of carbonyl (C=O) groups excluding carboxylic acids is 4. The molecule has 4 rings (SSSR count). The standard InChI is InChI=1S/C20H30N4O6S2/c1-6-7-8(29-17(27)11-19(2,3)31-15-9(21)13(25)23(11)15)30-18(28)12-20(4,5)32-16-10(22)14(26)24(12)16/h8-12,15-16H,6-7,21-22H2,1-5H3/t8?,9?,10?,11-,12-,15+,16+/m0/s1. The summed E-state index contributed by atoms with van der Waals surface area (Å²) >= 11 is 2.92. The van der Waals surface area contributed by atoms with Crippen LogP contribution < -0.4 is 11.5 Å². The Bertz CT molecular complexity index is 801. The minimum absolute atomic E-state index is 0.267. The van der Waals surface area contributed by atoms with Gasteiger partial charge < -0.3 is 30.7 Å². The van der Waals surface area contributed by atoms with Crippen molar-refractivity contribution in [2.45, 2.75) is 98.2 Å². The Labute approximate surface area is 195 Å². The number of esters is 2. The van der Waals surface area contributed by atoms with Crippen molar-refractivity contribution in [2.24, 2.45) is 11.5 Å². The van der Waals surface area contributed by atoms with Gasteiger partial charge in [0, 0.05) is 15.9 Å². The van der Waals surface area contributed by atoms with Crippen molar-refractivity contribution in [3.63, 3.8) is 0 Å². The minimum atomic E-state index is -1.12. The molecule has 0 bridgehead atoms. The average Bonchev–Trinajstić information content (AvgIpc) is 3.13. The molecule has 4 aliphatic heterocycles. The predicted molar refractivity (Wildman–Crippen MR) is 119 cm³/mol. The number of rotatable bonds is 6. The van der Waals surface area contributed by atoms with Gasteiger partial charge in [-0.25, -0.2) is 9.59 Å². The van der Waals surface area contributed by atoms with Gasteiger partial charge >= 0.3 is 11.9 Å². The number of ether oxygens (including phenoxy) is 2. The van der Waals surface area contributed by atoms with Crippen LogP contribution in [-0.4, -0.2) is 84.3 Å². The van der Waals surface area contributed by atoms with Crippen molar-refractivity contribution in [3.8, 4) is 0 Å². The Hall–Kier alpha value is -1.50. The highest BCUT2D eigenvalue weighted by molar-refractivity contribution is 8.02. The fourth-order valence-electron chi connectivity index (χ4n) is 4.81. The largest absolute Gasteiger partial charge is 0.424 e. The zero-order chi connectivity index (χ0) is 23.7. The number of nitrogens with two attached hydrogens (primary N) is 2. The van der Waals surface area contributed by atoms with Crippen LogP contribution in [0.2, 0.25) is 0 Å². The summed E-state index contributed by atoms with van der Waals surface area (Å²) in [6, 6.07) is -2.89. The molecule has 4 fully saturated rings. The molecule has 0 aromatic heterocycles. The Balaban J connectivity index is 1.46. The van der Waals surface area contributed by atoms with E-state index in [0.29, 0.717) is 12.8 Å². The van der Waals surface area contributed by atoms with Crippen LogP contribution in [0.5, 0.6) is 0 Å². The highest BCUT2D eigenvalue weighted by atomic mass is 32.2. The van der Waals surface area contributed by atoms with Gasteiger partial charge in [-0.3, -0.25) is 9.59 Å². The van der Waals surface area contributed by atoms with Gasteiger partial charge in [0.05, 0.1) is 0 Å². The average molecular weight is 487 g/mol. The van der Waals surface area contributed by atoms with Gasteiger partial charge in [-0.1, -0.05) is 6.92 Å². The lowest BCUT2D eigenvalue weighted by molar-refractivity contribution is -0.200. The van der Waals surface area contributed by atoms with E-state index in [-0.39, 0.29) is 22.6 Å². The second kappa shape index (κ2) is 7.78. The van der Waals surface area contributed by atoms with Crippen molar-refractivity contribution in [1.29, 1.82) is 0 Å². The van der Waals surface area contributed by atoms with Crippen molar-refractivity contribution in [3.05, 3.63) is 0 Å². The number of hydrogen-bond donors (Lipinski definition) is 2. The van der Waals surface area contributed by atoms with Gasteiger partial charge in [0.1, 0.15) is 34.9 Å². The predicted octanol–water partition coefficient (Wildman–Crippen LogP) is -0.0218. The Morgan fingerprint density at radius 1 is 0.906 bits per heavy atom. The first-order chi connectivity index (χ1) is 14.8. The van der Waals surface area contributed by atoms with Crippen LogP contribution in [-0.2, 0) is 28.7 Å². The lowest BCUT2D eigenvalue weighted by atomic mass is 9.96. The minimum Gasteiger partial charge on any atom is -0.424 e. The van der Waals surface area contributed by atoms with Crippen LogP contribution in [0.1, 0.15) is 47.5 Å². The lowest BCUT2D eigenvalue weighted by Crippen LogP contribution is -2.69. The van der Waals surface area contributed by atoms with E-state index in [9.17, 15) is 19.2 Å². The highest BCUT2D eigenvalue weighted by Gasteiger charge is 2.64. The van der Waals surface area contributed by atoms with Gasteiger partial charge in [0.2, 0.25) is 18.1 Å². The molecule has 0 saturated carbocycles. The molecule has 4 aliphatic rings. The summed E-state index contributed by atoms with van der Waals surface area (Å²) in [7, 11) is 0. The van der Waals surface area contributed by atoms with Gasteiger partial charge in [0.25, 0.3) is 0 Å². The van der Waals surface area contributed by atoms with E-state index in [0.717, 1.165) is 0 Å². The van der Waals surface area contributed by atoms with Crippen LogP contribution in [0.4, 0.5) is 0 Å². The summed E-state index contributed by atoms with van der Waals surface area (Å²) in [5.74, 6) is -1.84. The first-order valence-electron chi connectivity index (χ1n) is 10.7. The maximum atomic E-state index is 13.1. The van der Waals surface area contributed by atoms with Crippen LogP contribution >= 0.6 is 23.5 Å². The molecular formula is C20H30N4O6S2. The molecule has 0 aliphatic carbocycles. The fraction of sp³-hybridized carbons (Fsp3) is 0.800. The van der Waals surface area contributed by atoms with Crippen molar-refractivity contribution < 1.29 is 28.7 Å². The summed E-state index contributed by atoms with van der Waals surface area (Å²) < 4.78 is 10.0. The molecule has 0 aromatic carbocycles. The molecule has 32 heavy (non-hydrogen) atoms. The molecule has 4 N–H and O–H groups in total. The lowest BCUT2D eigenvalue weighted by Gasteiger charge is -2.42. The fourth-order valence-corrected chi connectivity index (χ4v) is 7.94. The molecule has 0 aromatic rings. The maximum Gasteiger partial charge on any atom is 0.333 e. The summed E-state index contributed by atoms with van der Waals surface area (Å²) in [5, 5.41) is -0.533. The zero-order valence-electron chi connectivity index (χ0n) is 18.8. The molecule has 2 unspecified atom stereocenters.